The fourth-order valence-electron chi connectivity index (χ4n) is 1.68. The summed E-state index contributed by atoms with van der Waals surface area (Å²) in [5.41, 5.74) is -0.786. The summed E-state index contributed by atoms with van der Waals surface area (Å²) in [6.45, 7) is 1.66. The van der Waals surface area contributed by atoms with Crippen LogP contribution in [-0.4, -0.2) is 10.9 Å². The standard InChI is InChI=1S/C14H10F4N2O/c1-8-7-19-5-4-12(8)20-13(21)10-6-9(14(16,17)18)2-3-11(10)15/h2-7H,1H3,(H,19,20,21). The number of carbonyl (C=O) groups excluding carboxylic acids is 1. The molecule has 1 aromatic heterocycles. The van der Waals surface area contributed by atoms with E-state index in [0.29, 0.717) is 29.4 Å². The molecule has 0 saturated carbocycles. The summed E-state index contributed by atoms with van der Waals surface area (Å²) in [4.78, 5) is 15.7. The first-order valence-electron chi connectivity index (χ1n) is 5.88. The number of carbonyl (C=O) groups is 1. The van der Waals surface area contributed by atoms with Crippen LogP contribution in [0, 0.1) is 12.7 Å². The number of alkyl halides is 3. The molecule has 0 spiro atoms. The highest BCUT2D eigenvalue weighted by Gasteiger charge is 2.32. The summed E-state index contributed by atoms with van der Waals surface area (Å²) < 4.78 is 51.3. The maximum Gasteiger partial charge on any atom is 0.416 e. The molecule has 2 rings (SSSR count). The molecule has 0 saturated heterocycles. The number of aromatic nitrogens is 1. The van der Waals surface area contributed by atoms with Crippen molar-refractivity contribution < 1.29 is 22.4 Å². The Bertz CT molecular complexity index is 683. The van der Waals surface area contributed by atoms with Crippen molar-refractivity contribution in [3.8, 4) is 0 Å². The zero-order valence-corrected chi connectivity index (χ0v) is 10.8. The quantitative estimate of drug-likeness (QED) is 0.857. The average Bonchev–Trinajstić information content (AvgIpc) is 2.40. The Morgan fingerprint density at radius 2 is 1.95 bits per heavy atom. The Morgan fingerprint density at radius 3 is 2.57 bits per heavy atom. The van der Waals surface area contributed by atoms with E-state index in [1.54, 1.807) is 6.92 Å². The first-order chi connectivity index (χ1) is 9.79. The van der Waals surface area contributed by atoms with Gasteiger partial charge in [-0.15, -0.1) is 0 Å². The van der Waals surface area contributed by atoms with Crippen molar-refractivity contribution in [1.82, 2.24) is 4.98 Å². The summed E-state index contributed by atoms with van der Waals surface area (Å²) in [5, 5.41) is 2.36. The Labute approximate surface area is 117 Å². The molecule has 110 valence electrons. The molecular weight excluding hydrogens is 288 g/mol. The number of halogens is 4. The second-order valence-corrected chi connectivity index (χ2v) is 4.34. The van der Waals surface area contributed by atoms with Gasteiger partial charge >= 0.3 is 6.18 Å². The Kier molecular flexibility index (Phi) is 3.93. The van der Waals surface area contributed by atoms with Crippen molar-refractivity contribution >= 4 is 11.6 Å². The maximum absolute atomic E-state index is 13.6. The molecule has 21 heavy (non-hydrogen) atoms. The summed E-state index contributed by atoms with van der Waals surface area (Å²) in [6.07, 6.45) is -1.77. The zero-order chi connectivity index (χ0) is 15.6. The first kappa shape index (κ1) is 15.0. The molecule has 0 aliphatic heterocycles. The van der Waals surface area contributed by atoms with Crippen LogP contribution < -0.4 is 5.32 Å². The van der Waals surface area contributed by atoms with E-state index in [1.165, 1.54) is 18.5 Å². The van der Waals surface area contributed by atoms with Crippen LogP contribution in [0.4, 0.5) is 23.2 Å². The predicted molar refractivity (Wildman–Crippen MR) is 68.3 cm³/mol. The van der Waals surface area contributed by atoms with Gasteiger partial charge in [0.25, 0.3) is 5.91 Å². The number of amides is 1. The third kappa shape index (κ3) is 3.36. The number of rotatable bonds is 2. The second-order valence-electron chi connectivity index (χ2n) is 4.34. The van der Waals surface area contributed by atoms with Gasteiger partial charge in [-0.25, -0.2) is 4.39 Å². The minimum atomic E-state index is -4.64. The normalized spacial score (nSPS) is 11.3. The van der Waals surface area contributed by atoms with E-state index in [-0.39, 0.29) is 0 Å². The summed E-state index contributed by atoms with van der Waals surface area (Å²) >= 11 is 0. The molecule has 0 radical (unpaired) electrons. The molecule has 1 aromatic carbocycles. The number of anilines is 1. The lowest BCUT2D eigenvalue weighted by atomic mass is 10.1. The highest BCUT2D eigenvalue weighted by atomic mass is 19.4. The summed E-state index contributed by atoms with van der Waals surface area (Å²) in [6, 6.07) is 3.17. The number of aryl methyl sites for hydroxylation is 1. The molecule has 0 aliphatic carbocycles. The van der Waals surface area contributed by atoms with Gasteiger partial charge in [-0.1, -0.05) is 0 Å². The van der Waals surface area contributed by atoms with Gasteiger partial charge in [-0.3, -0.25) is 9.78 Å². The van der Waals surface area contributed by atoms with Crippen molar-refractivity contribution in [2.45, 2.75) is 13.1 Å². The number of benzene rings is 1. The van der Waals surface area contributed by atoms with Gasteiger partial charge in [-0.05, 0) is 36.8 Å². The van der Waals surface area contributed by atoms with Crippen molar-refractivity contribution in [1.29, 1.82) is 0 Å². The molecule has 1 amide bonds. The molecule has 0 unspecified atom stereocenters. The molecule has 1 N–H and O–H groups in total. The molecule has 2 aromatic rings. The Hall–Kier alpha value is -2.44. The topological polar surface area (TPSA) is 42.0 Å². The summed E-state index contributed by atoms with van der Waals surface area (Å²) in [7, 11) is 0. The zero-order valence-electron chi connectivity index (χ0n) is 10.8. The van der Waals surface area contributed by atoms with E-state index in [1.807, 2.05) is 0 Å². The van der Waals surface area contributed by atoms with Crippen molar-refractivity contribution in [3.63, 3.8) is 0 Å². The number of pyridine rings is 1. The lowest BCUT2D eigenvalue weighted by Crippen LogP contribution is -2.16. The van der Waals surface area contributed by atoms with Crippen LogP contribution in [0.5, 0.6) is 0 Å². The fourth-order valence-corrected chi connectivity index (χ4v) is 1.68. The molecule has 7 heteroatoms. The highest BCUT2D eigenvalue weighted by molar-refractivity contribution is 6.04. The van der Waals surface area contributed by atoms with Gasteiger partial charge in [0.2, 0.25) is 0 Å². The van der Waals surface area contributed by atoms with Crippen LogP contribution >= 0.6 is 0 Å². The predicted octanol–water partition coefficient (Wildman–Crippen LogP) is 3.80. The second kappa shape index (κ2) is 5.51. The third-order valence-corrected chi connectivity index (χ3v) is 2.81. The van der Waals surface area contributed by atoms with Gasteiger partial charge in [0.05, 0.1) is 11.1 Å². The van der Waals surface area contributed by atoms with Gasteiger partial charge in [-0.2, -0.15) is 13.2 Å². The molecule has 0 aliphatic rings. The highest BCUT2D eigenvalue weighted by Crippen LogP contribution is 2.30. The Morgan fingerprint density at radius 1 is 1.24 bits per heavy atom. The van der Waals surface area contributed by atoms with E-state index >= 15 is 0 Å². The summed E-state index contributed by atoms with van der Waals surface area (Å²) in [5.74, 6) is -1.97. The maximum atomic E-state index is 13.6. The molecule has 1 heterocycles. The van der Waals surface area contributed by atoms with Crippen LogP contribution in [0.1, 0.15) is 21.5 Å². The van der Waals surface area contributed by atoms with Crippen LogP contribution in [0.3, 0.4) is 0 Å². The van der Waals surface area contributed by atoms with Gasteiger partial charge < -0.3 is 5.32 Å². The van der Waals surface area contributed by atoms with Crippen LogP contribution in [0.15, 0.2) is 36.7 Å². The molecule has 0 bridgehead atoms. The lowest BCUT2D eigenvalue weighted by molar-refractivity contribution is -0.137. The third-order valence-electron chi connectivity index (χ3n) is 2.81. The smallest absolute Gasteiger partial charge is 0.322 e. The van der Waals surface area contributed by atoms with Gasteiger partial charge in [0, 0.05) is 18.1 Å². The monoisotopic (exact) mass is 298 g/mol. The van der Waals surface area contributed by atoms with E-state index in [0.717, 1.165) is 0 Å². The van der Waals surface area contributed by atoms with Crippen molar-refractivity contribution in [2.75, 3.05) is 5.32 Å². The Balaban J connectivity index is 2.33. The van der Waals surface area contributed by atoms with E-state index in [9.17, 15) is 22.4 Å². The fraction of sp³-hybridized carbons (Fsp3) is 0.143. The molecule has 3 nitrogen and oxygen atoms in total. The van der Waals surface area contributed by atoms with Crippen LogP contribution in [-0.2, 0) is 6.18 Å². The molecule has 0 atom stereocenters. The number of nitrogens with zero attached hydrogens (tertiary/aromatic N) is 1. The van der Waals surface area contributed by atoms with E-state index in [4.69, 9.17) is 0 Å². The van der Waals surface area contributed by atoms with Gasteiger partial charge in [0.15, 0.2) is 0 Å². The van der Waals surface area contributed by atoms with E-state index in [2.05, 4.69) is 10.3 Å². The number of nitrogens with one attached hydrogen (secondary N) is 1. The van der Waals surface area contributed by atoms with Gasteiger partial charge in [0.1, 0.15) is 5.82 Å². The first-order valence-corrected chi connectivity index (χ1v) is 5.88. The van der Waals surface area contributed by atoms with Crippen molar-refractivity contribution in [3.05, 3.63) is 59.2 Å². The van der Waals surface area contributed by atoms with Crippen molar-refractivity contribution in [2.24, 2.45) is 0 Å². The largest absolute Gasteiger partial charge is 0.416 e. The number of hydrogen-bond donors (Lipinski definition) is 1. The molecular formula is C14H10F4N2O. The van der Waals surface area contributed by atoms with Crippen LogP contribution in [0.2, 0.25) is 0 Å². The lowest BCUT2D eigenvalue weighted by Gasteiger charge is -2.11. The molecule has 0 fully saturated rings. The van der Waals surface area contributed by atoms with Crippen LogP contribution in [0.25, 0.3) is 0 Å². The van der Waals surface area contributed by atoms with E-state index < -0.39 is 29.0 Å². The SMILES string of the molecule is Cc1cnccc1NC(=O)c1cc(C(F)(F)F)ccc1F. The minimum absolute atomic E-state index is 0.354. The minimum Gasteiger partial charge on any atom is -0.322 e. The average molecular weight is 298 g/mol. The number of hydrogen-bond acceptors (Lipinski definition) is 2.